The van der Waals surface area contributed by atoms with Crippen LogP contribution in [-0.4, -0.2) is 28.0 Å². The summed E-state index contributed by atoms with van der Waals surface area (Å²) in [6.45, 7) is 4.10. The van der Waals surface area contributed by atoms with Crippen LogP contribution in [-0.2, 0) is 14.8 Å². The third kappa shape index (κ3) is 4.19. The zero-order valence-corrected chi connectivity index (χ0v) is 12.5. The molecular weight excluding hydrogens is 290 g/mol. The molecule has 0 spiro atoms. The molecule has 0 amide bonds. The minimum atomic E-state index is -3.65. The maximum absolute atomic E-state index is 12.0. The molecule has 0 atom stereocenters. The minimum Gasteiger partial charge on any atom is -0.465 e. The van der Waals surface area contributed by atoms with Crippen molar-refractivity contribution >= 4 is 27.6 Å². The fourth-order valence-corrected chi connectivity index (χ4v) is 2.73. The van der Waals surface area contributed by atoms with E-state index in [0.717, 1.165) is 0 Å². The van der Waals surface area contributed by atoms with Crippen molar-refractivity contribution in [1.82, 2.24) is 4.72 Å². The molecule has 0 unspecified atom stereocenters. The van der Waals surface area contributed by atoms with E-state index in [1.54, 1.807) is 0 Å². The lowest BCUT2D eigenvalue weighted by molar-refractivity contribution is 0.0600. The summed E-state index contributed by atoms with van der Waals surface area (Å²) in [6, 6.07) is 3.91. The second kappa shape index (κ2) is 6.36. The second-order valence-electron chi connectivity index (χ2n) is 4.38. The molecule has 0 aromatic heterocycles. The smallest absolute Gasteiger partial charge is 0.339 e. The lowest BCUT2D eigenvalue weighted by Gasteiger charge is -2.10. The van der Waals surface area contributed by atoms with Crippen LogP contribution in [0.1, 0.15) is 24.2 Å². The Morgan fingerprint density at radius 1 is 1.42 bits per heavy atom. The Hall–Kier alpha value is -1.11. The fraction of sp³-hybridized carbons (Fsp3) is 0.417. The van der Waals surface area contributed by atoms with E-state index in [-0.39, 0.29) is 21.4 Å². The van der Waals surface area contributed by atoms with Crippen molar-refractivity contribution < 1.29 is 17.9 Å². The number of nitrogens with one attached hydrogen (secondary N) is 1. The third-order valence-corrected chi connectivity index (χ3v) is 4.09. The zero-order valence-electron chi connectivity index (χ0n) is 10.9. The predicted octanol–water partition coefficient (Wildman–Crippen LogP) is 2.06. The highest BCUT2D eigenvalue weighted by Gasteiger charge is 2.19. The van der Waals surface area contributed by atoms with Crippen LogP contribution < -0.4 is 4.72 Å². The quantitative estimate of drug-likeness (QED) is 0.845. The van der Waals surface area contributed by atoms with Gasteiger partial charge in [-0.15, -0.1) is 0 Å². The first-order chi connectivity index (χ1) is 8.77. The third-order valence-electron chi connectivity index (χ3n) is 2.34. The molecule has 1 aromatic carbocycles. The van der Waals surface area contributed by atoms with Gasteiger partial charge in [0.25, 0.3) is 0 Å². The molecule has 0 heterocycles. The van der Waals surface area contributed by atoms with Crippen molar-refractivity contribution in [2.75, 3.05) is 13.7 Å². The monoisotopic (exact) mass is 305 g/mol. The van der Waals surface area contributed by atoms with Crippen LogP contribution in [0.3, 0.4) is 0 Å². The summed E-state index contributed by atoms with van der Waals surface area (Å²) in [6.07, 6.45) is 0. The second-order valence-corrected chi connectivity index (χ2v) is 6.55. The van der Waals surface area contributed by atoms with Crippen LogP contribution in [0.4, 0.5) is 0 Å². The number of methoxy groups -OCH3 is 1. The molecule has 5 nitrogen and oxygen atoms in total. The first kappa shape index (κ1) is 15.9. The van der Waals surface area contributed by atoms with Gasteiger partial charge < -0.3 is 4.74 Å². The summed E-state index contributed by atoms with van der Waals surface area (Å²) in [7, 11) is -2.45. The van der Waals surface area contributed by atoms with E-state index >= 15 is 0 Å². The average Bonchev–Trinajstić information content (AvgIpc) is 2.36. The Morgan fingerprint density at radius 3 is 2.58 bits per heavy atom. The minimum absolute atomic E-state index is 0.0158. The van der Waals surface area contributed by atoms with Crippen molar-refractivity contribution in [2.24, 2.45) is 5.92 Å². The zero-order chi connectivity index (χ0) is 14.6. The number of ether oxygens (including phenoxy) is 1. The predicted molar refractivity (Wildman–Crippen MR) is 72.8 cm³/mol. The molecule has 19 heavy (non-hydrogen) atoms. The molecule has 0 radical (unpaired) electrons. The van der Waals surface area contributed by atoms with Gasteiger partial charge in [-0.2, -0.15) is 0 Å². The molecule has 0 fully saturated rings. The molecule has 0 bridgehead atoms. The summed E-state index contributed by atoms with van der Waals surface area (Å²) in [5.41, 5.74) is 0.0246. The van der Waals surface area contributed by atoms with Crippen molar-refractivity contribution in [1.29, 1.82) is 0 Å². The summed E-state index contributed by atoms with van der Waals surface area (Å²) >= 11 is 5.83. The van der Waals surface area contributed by atoms with Crippen molar-refractivity contribution in [2.45, 2.75) is 18.7 Å². The van der Waals surface area contributed by atoms with Crippen LogP contribution in [0.25, 0.3) is 0 Å². The molecule has 0 saturated carbocycles. The van der Waals surface area contributed by atoms with E-state index < -0.39 is 16.0 Å². The van der Waals surface area contributed by atoms with E-state index in [1.165, 1.54) is 25.3 Å². The Kier molecular flexibility index (Phi) is 5.34. The largest absolute Gasteiger partial charge is 0.465 e. The highest BCUT2D eigenvalue weighted by atomic mass is 35.5. The molecule has 106 valence electrons. The molecule has 1 N–H and O–H groups in total. The molecular formula is C12H16ClNO4S. The van der Waals surface area contributed by atoms with Gasteiger partial charge in [0.2, 0.25) is 10.0 Å². The Labute approximate surface area is 118 Å². The molecule has 1 rings (SSSR count). The number of rotatable bonds is 5. The molecule has 7 heteroatoms. The number of hydrogen-bond donors (Lipinski definition) is 1. The SMILES string of the molecule is COC(=O)c1cc(S(=O)(=O)NCC(C)C)ccc1Cl. The van der Waals surface area contributed by atoms with Gasteiger partial charge in [-0.05, 0) is 24.1 Å². The number of benzene rings is 1. The maximum atomic E-state index is 12.0. The number of hydrogen-bond acceptors (Lipinski definition) is 4. The summed E-state index contributed by atoms with van der Waals surface area (Å²) < 4.78 is 31.0. The van der Waals surface area contributed by atoms with Crippen LogP contribution in [0.5, 0.6) is 0 Å². The molecule has 0 saturated heterocycles. The van der Waals surface area contributed by atoms with Gasteiger partial charge >= 0.3 is 5.97 Å². The number of sulfonamides is 1. The van der Waals surface area contributed by atoms with E-state index in [0.29, 0.717) is 6.54 Å². The summed E-state index contributed by atoms with van der Waals surface area (Å²) in [4.78, 5) is 11.4. The first-order valence-corrected chi connectivity index (χ1v) is 7.51. The first-order valence-electron chi connectivity index (χ1n) is 5.65. The highest BCUT2D eigenvalue weighted by molar-refractivity contribution is 7.89. The standard InChI is InChI=1S/C12H16ClNO4S/c1-8(2)7-14-19(16,17)9-4-5-11(13)10(6-9)12(15)18-3/h4-6,8,14H,7H2,1-3H3. The van der Waals surface area contributed by atoms with Gasteiger partial charge in [-0.3, -0.25) is 0 Å². The Morgan fingerprint density at radius 2 is 2.05 bits per heavy atom. The molecule has 0 aliphatic rings. The van der Waals surface area contributed by atoms with Gasteiger partial charge in [0.1, 0.15) is 0 Å². The Bertz CT molecular complexity index is 569. The van der Waals surface area contributed by atoms with Gasteiger partial charge in [0, 0.05) is 6.54 Å². The lowest BCUT2D eigenvalue weighted by Crippen LogP contribution is -2.27. The average molecular weight is 306 g/mol. The van der Waals surface area contributed by atoms with Crippen LogP contribution >= 0.6 is 11.6 Å². The molecule has 1 aromatic rings. The van der Waals surface area contributed by atoms with Crippen molar-refractivity contribution in [3.63, 3.8) is 0 Å². The summed E-state index contributed by atoms with van der Waals surface area (Å²) in [5, 5.41) is 0.148. The maximum Gasteiger partial charge on any atom is 0.339 e. The number of carbonyl (C=O) groups is 1. The number of halogens is 1. The van der Waals surface area contributed by atoms with Crippen molar-refractivity contribution in [3.05, 3.63) is 28.8 Å². The molecule has 0 aliphatic carbocycles. The molecule has 0 aliphatic heterocycles. The fourth-order valence-electron chi connectivity index (χ4n) is 1.30. The van der Waals surface area contributed by atoms with E-state index in [4.69, 9.17) is 11.6 Å². The number of carbonyl (C=O) groups excluding carboxylic acids is 1. The van der Waals surface area contributed by atoms with Gasteiger partial charge in [0.15, 0.2) is 0 Å². The topological polar surface area (TPSA) is 72.5 Å². The Balaban J connectivity index is 3.11. The van der Waals surface area contributed by atoms with Gasteiger partial charge in [-0.1, -0.05) is 25.4 Å². The van der Waals surface area contributed by atoms with Gasteiger partial charge in [-0.25, -0.2) is 17.9 Å². The highest BCUT2D eigenvalue weighted by Crippen LogP contribution is 2.21. The van der Waals surface area contributed by atoms with Crippen LogP contribution in [0.2, 0.25) is 5.02 Å². The van der Waals surface area contributed by atoms with Crippen LogP contribution in [0.15, 0.2) is 23.1 Å². The van der Waals surface area contributed by atoms with Crippen LogP contribution in [0, 0.1) is 5.92 Å². The van der Waals surface area contributed by atoms with E-state index in [2.05, 4.69) is 9.46 Å². The lowest BCUT2D eigenvalue weighted by atomic mass is 10.2. The summed E-state index contributed by atoms with van der Waals surface area (Å²) in [5.74, 6) is -0.493. The number of esters is 1. The van der Waals surface area contributed by atoms with Gasteiger partial charge in [0.05, 0.1) is 22.6 Å². The van der Waals surface area contributed by atoms with E-state index in [1.807, 2.05) is 13.8 Å². The normalized spacial score (nSPS) is 11.6. The van der Waals surface area contributed by atoms with Crippen molar-refractivity contribution in [3.8, 4) is 0 Å². The van der Waals surface area contributed by atoms with E-state index in [9.17, 15) is 13.2 Å².